The van der Waals surface area contributed by atoms with Gasteiger partial charge in [-0.05, 0) is 37.1 Å². The van der Waals surface area contributed by atoms with Crippen LogP contribution in [0.4, 0.5) is 5.69 Å². The zero-order chi connectivity index (χ0) is 10.8. The molecule has 0 radical (unpaired) electrons. The van der Waals surface area contributed by atoms with Gasteiger partial charge in [-0.25, -0.2) is 0 Å². The van der Waals surface area contributed by atoms with E-state index >= 15 is 0 Å². The third-order valence-corrected chi connectivity index (χ3v) is 4.48. The Balaban J connectivity index is 2.24. The largest absolute Gasteiger partial charge is 0.399 e. The fraction of sp³-hybridized carbons (Fsp3) is 0.455. The molecule has 15 heavy (non-hydrogen) atoms. The smallest absolute Gasteiger partial charge is 0.0650 e. The molecular weight excluding hydrogens is 210 g/mol. The molecule has 1 aliphatic rings. The number of hydrogen-bond donors (Lipinski definition) is 1. The number of nitrogen functional groups attached to an aromatic ring is 1. The minimum Gasteiger partial charge on any atom is -0.399 e. The summed E-state index contributed by atoms with van der Waals surface area (Å²) in [5, 5.41) is 0.146. The minimum absolute atomic E-state index is 0.146. The molecule has 3 nitrogen and oxygen atoms in total. The second kappa shape index (κ2) is 4.33. The molecule has 1 aromatic carbocycles. The molecule has 0 amide bonds. The summed E-state index contributed by atoms with van der Waals surface area (Å²) in [7, 11) is -0.959. The lowest BCUT2D eigenvalue weighted by Crippen LogP contribution is -2.15. The van der Waals surface area contributed by atoms with Gasteiger partial charge in [0.25, 0.3) is 0 Å². The highest BCUT2D eigenvalue weighted by atomic mass is 32.2. The first-order valence-corrected chi connectivity index (χ1v) is 6.24. The molecule has 0 bridgehead atoms. The summed E-state index contributed by atoms with van der Waals surface area (Å²) in [6, 6.07) is 5.53. The van der Waals surface area contributed by atoms with E-state index in [1.165, 1.54) is 0 Å². The highest BCUT2D eigenvalue weighted by molar-refractivity contribution is 7.85. The Bertz CT molecular complexity index is 386. The number of benzene rings is 1. The first-order valence-electron chi connectivity index (χ1n) is 5.03. The third kappa shape index (κ3) is 2.21. The van der Waals surface area contributed by atoms with Crippen LogP contribution in [0.15, 0.2) is 23.1 Å². The first kappa shape index (κ1) is 10.6. The lowest BCUT2D eigenvalue weighted by atomic mass is 10.2. The molecule has 0 spiro atoms. The van der Waals surface area contributed by atoms with Gasteiger partial charge in [0.05, 0.1) is 22.7 Å². The lowest BCUT2D eigenvalue weighted by molar-refractivity contribution is 0.199. The predicted molar refractivity (Wildman–Crippen MR) is 61.2 cm³/mol. The van der Waals surface area contributed by atoms with Crippen molar-refractivity contribution < 1.29 is 8.95 Å². The van der Waals surface area contributed by atoms with E-state index in [4.69, 9.17) is 10.5 Å². The Labute approximate surface area is 92.1 Å². The topological polar surface area (TPSA) is 52.3 Å². The van der Waals surface area contributed by atoms with Crippen LogP contribution in [0.25, 0.3) is 0 Å². The van der Waals surface area contributed by atoms with E-state index in [2.05, 4.69) is 0 Å². The van der Waals surface area contributed by atoms with Crippen molar-refractivity contribution >= 4 is 16.5 Å². The van der Waals surface area contributed by atoms with E-state index < -0.39 is 10.8 Å². The van der Waals surface area contributed by atoms with Crippen molar-refractivity contribution in [1.82, 2.24) is 0 Å². The normalized spacial score (nSPS) is 22.9. The van der Waals surface area contributed by atoms with E-state index in [0.717, 1.165) is 29.2 Å². The molecule has 0 aromatic heterocycles. The van der Waals surface area contributed by atoms with Crippen LogP contribution in [-0.2, 0) is 15.5 Å². The molecule has 1 aromatic rings. The average Bonchev–Trinajstić information content (AvgIpc) is 2.69. The van der Waals surface area contributed by atoms with Crippen LogP contribution < -0.4 is 5.73 Å². The van der Waals surface area contributed by atoms with Crippen molar-refractivity contribution in [1.29, 1.82) is 0 Å². The average molecular weight is 225 g/mol. The van der Waals surface area contributed by atoms with E-state index in [0.29, 0.717) is 6.61 Å². The summed E-state index contributed by atoms with van der Waals surface area (Å²) >= 11 is 0. The van der Waals surface area contributed by atoms with Crippen LogP contribution in [-0.4, -0.2) is 22.7 Å². The molecule has 1 saturated heterocycles. The number of hydrogen-bond acceptors (Lipinski definition) is 3. The van der Waals surface area contributed by atoms with E-state index in [-0.39, 0.29) is 5.25 Å². The number of aryl methyl sites for hydroxylation is 1. The molecule has 2 N–H and O–H groups in total. The molecule has 2 rings (SSSR count). The van der Waals surface area contributed by atoms with Gasteiger partial charge in [0, 0.05) is 17.2 Å². The third-order valence-electron chi connectivity index (χ3n) is 2.61. The first-order chi connectivity index (χ1) is 7.18. The highest BCUT2D eigenvalue weighted by Gasteiger charge is 2.24. The monoisotopic (exact) mass is 225 g/mol. The highest BCUT2D eigenvalue weighted by Crippen LogP contribution is 2.22. The van der Waals surface area contributed by atoms with Gasteiger partial charge in [-0.2, -0.15) is 0 Å². The summed E-state index contributed by atoms with van der Waals surface area (Å²) in [6.07, 6.45) is 0.885. The Hall–Kier alpha value is -0.870. The van der Waals surface area contributed by atoms with Crippen LogP contribution in [0.2, 0.25) is 0 Å². The zero-order valence-corrected chi connectivity index (χ0v) is 9.55. The summed E-state index contributed by atoms with van der Waals surface area (Å²) in [4.78, 5) is 0.889. The Morgan fingerprint density at radius 3 is 2.93 bits per heavy atom. The summed E-state index contributed by atoms with van der Waals surface area (Å²) in [5.74, 6) is 0. The van der Waals surface area contributed by atoms with Gasteiger partial charge < -0.3 is 10.5 Å². The van der Waals surface area contributed by atoms with Gasteiger partial charge >= 0.3 is 0 Å². The van der Waals surface area contributed by atoms with Crippen molar-refractivity contribution in [3.63, 3.8) is 0 Å². The molecule has 4 heteroatoms. The van der Waals surface area contributed by atoms with E-state index in [1.807, 2.05) is 19.1 Å². The zero-order valence-electron chi connectivity index (χ0n) is 8.73. The summed E-state index contributed by atoms with van der Waals surface area (Å²) < 4.78 is 17.4. The van der Waals surface area contributed by atoms with Crippen molar-refractivity contribution in [2.45, 2.75) is 23.5 Å². The number of ether oxygens (including phenoxy) is 1. The second-order valence-electron chi connectivity index (χ2n) is 3.81. The molecule has 0 aliphatic carbocycles. The van der Waals surface area contributed by atoms with Crippen LogP contribution >= 0.6 is 0 Å². The fourth-order valence-corrected chi connectivity index (χ4v) is 3.23. The number of anilines is 1. The van der Waals surface area contributed by atoms with Crippen molar-refractivity contribution in [2.24, 2.45) is 0 Å². The molecule has 1 heterocycles. The van der Waals surface area contributed by atoms with Crippen LogP contribution in [0.5, 0.6) is 0 Å². The lowest BCUT2D eigenvalue weighted by Gasteiger charge is -2.10. The minimum atomic E-state index is -0.959. The van der Waals surface area contributed by atoms with Crippen molar-refractivity contribution in [3.05, 3.63) is 23.8 Å². The van der Waals surface area contributed by atoms with Gasteiger partial charge in [0.2, 0.25) is 0 Å². The van der Waals surface area contributed by atoms with Gasteiger partial charge in [0.15, 0.2) is 0 Å². The van der Waals surface area contributed by atoms with Crippen LogP contribution in [0, 0.1) is 6.92 Å². The van der Waals surface area contributed by atoms with Crippen LogP contribution in [0.3, 0.4) is 0 Å². The quantitative estimate of drug-likeness (QED) is 0.775. The van der Waals surface area contributed by atoms with Gasteiger partial charge in [-0.3, -0.25) is 4.21 Å². The molecule has 0 saturated carbocycles. The Kier molecular flexibility index (Phi) is 3.07. The van der Waals surface area contributed by atoms with Crippen LogP contribution in [0.1, 0.15) is 12.0 Å². The summed E-state index contributed by atoms with van der Waals surface area (Å²) in [5.41, 5.74) is 7.38. The maximum Gasteiger partial charge on any atom is 0.0650 e. The van der Waals surface area contributed by atoms with Gasteiger partial charge in [0.1, 0.15) is 0 Å². The number of rotatable bonds is 2. The number of nitrogens with two attached hydrogens (primary N) is 1. The van der Waals surface area contributed by atoms with Crippen molar-refractivity contribution in [2.75, 3.05) is 18.9 Å². The SMILES string of the molecule is Cc1cc(N)ccc1S(=O)C1CCOC1. The maximum atomic E-state index is 12.2. The second-order valence-corrected chi connectivity index (χ2v) is 5.51. The summed E-state index contributed by atoms with van der Waals surface area (Å²) in [6.45, 7) is 3.28. The van der Waals surface area contributed by atoms with E-state index in [1.54, 1.807) is 6.07 Å². The molecule has 2 unspecified atom stereocenters. The van der Waals surface area contributed by atoms with E-state index in [9.17, 15) is 4.21 Å². The molecule has 1 fully saturated rings. The van der Waals surface area contributed by atoms with Gasteiger partial charge in [-0.1, -0.05) is 0 Å². The maximum absolute atomic E-state index is 12.2. The molecule has 82 valence electrons. The predicted octanol–water partition coefficient (Wildman–Crippen LogP) is 1.47. The standard InChI is InChI=1S/C11H15NO2S/c1-8-6-9(12)2-3-11(8)15(13)10-4-5-14-7-10/h2-3,6,10H,4-5,7,12H2,1H3. The molecular formula is C11H15NO2S. The Morgan fingerprint density at radius 1 is 1.53 bits per heavy atom. The van der Waals surface area contributed by atoms with Crippen molar-refractivity contribution in [3.8, 4) is 0 Å². The van der Waals surface area contributed by atoms with Gasteiger partial charge in [-0.15, -0.1) is 0 Å². The molecule has 2 atom stereocenters. The Morgan fingerprint density at radius 2 is 2.33 bits per heavy atom. The molecule has 1 aliphatic heterocycles. The fourth-order valence-electron chi connectivity index (χ4n) is 1.76.